The lowest BCUT2D eigenvalue weighted by Gasteiger charge is -2.15. The smallest absolute Gasteiger partial charge is 0.413 e. The predicted octanol–water partition coefficient (Wildman–Crippen LogP) is 6.60. The Hall–Kier alpha value is -3.93. The zero-order valence-electron chi connectivity index (χ0n) is 19.7. The van der Waals surface area contributed by atoms with E-state index in [1.807, 2.05) is 49.4 Å². The van der Waals surface area contributed by atoms with Crippen molar-refractivity contribution in [1.29, 1.82) is 0 Å². The molecule has 0 unspecified atom stereocenters. The highest BCUT2D eigenvalue weighted by molar-refractivity contribution is 5.84. The van der Waals surface area contributed by atoms with Crippen molar-refractivity contribution in [3.8, 4) is 16.8 Å². The molecule has 0 aliphatic heterocycles. The molecule has 0 saturated heterocycles. The fraction of sp³-hybridized carbons (Fsp3) is 0.250. The normalized spacial score (nSPS) is 14.9. The quantitative estimate of drug-likeness (QED) is 0.358. The Morgan fingerprint density at radius 2 is 1.59 bits per heavy atom. The highest BCUT2D eigenvalue weighted by atomic mass is 16.6. The van der Waals surface area contributed by atoms with Crippen LogP contribution in [0.5, 0.6) is 0 Å². The van der Waals surface area contributed by atoms with Crippen molar-refractivity contribution in [3.63, 3.8) is 0 Å². The van der Waals surface area contributed by atoms with Crippen molar-refractivity contribution in [2.45, 2.75) is 45.1 Å². The van der Waals surface area contributed by atoms with Gasteiger partial charge in [0.25, 0.3) is 0 Å². The second-order valence-corrected chi connectivity index (χ2v) is 9.20. The first-order chi connectivity index (χ1) is 16.4. The third-order valence-electron chi connectivity index (χ3n) is 6.64. The summed E-state index contributed by atoms with van der Waals surface area (Å²) in [6.45, 7) is 5.96. The maximum Gasteiger partial charge on any atom is 0.413 e. The van der Waals surface area contributed by atoms with Gasteiger partial charge in [0.1, 0.15) is 11.8 Å². The van der Waals surface area contributed by atoms with E-state index in [1.165, 1.54) is 24.0 Å². The Bertz CT molecular complexity index is 1290. The van der Waals surface area contributed by atoms with E-state index >= 15 is 0 Å². The first-order valence-corrected chi connectivity index (χ1v) is 11.6. The van der Waals surface area contributed by atoms with E-state index in [9.17, 15) is 4.79 Å². The Labute approximate surface area is 199 Å². The summed E-state index contributed by atoms with van der Waals surface area (Å²) in [5.74, 6) is 0.486. The Morgan fingerprint density at radius 1 is 0.971 bits per heavy atom. The van der Waals surface area contributed by atoms with Gasteiger partial charge in [-0.15, -0.1) is 5.10 Å². The molecular weight excluding hydrogens is 424 g/mol. The van der Waals surface area contributed by atoms with E-state index < -0.39 is 6.09 Å². The van der Waals surface area contributed by atoms with Crippen LogP contribution in [0.2, 0.25) is 0 Å². The second-order valence-electron chi connectivity index (χ2n) is 9.20. The molecule has 0 bridgehead atoms. The minimum absolute atomic E-state index is 0.372. The number of nitrogens with zero attached hydrogens (tertiary/aromatic N) is 3. The van der Waals surface area contributed by atoms with Crippen molar-refractivity contribution < 1.29 is 9.53 Å². The molecule has 4 aromatic rings. The lowest BCUT2D eigenvalue weighted by molar-refractivity contribution is 0.121. The number of hydrogen-bond acceptors (Lipinski definition) is 4. The molecule has 1 aliphatic rings. The van der Waals surface area contributed by atoms with Gasteiger partial charge in [0.05, 0.1) is 5.69 Å². The van der Waals surface area contributed by atoms with Gasteiger partial charge in [-0.05, 0) is 66.5 Å². The minimum Gasteiger partial charge on any atom is -0.441 e. The third kappa shape index (κ3) is 4.44. The van der Waals surface area contributed by atoms with Crippen LogP contribution in [0.1, 0.15) is 49.6 Å². The molecule has 1 saturated carbocycles. The maximum atomic E-state index is 12.6. The number of anilines is 1. The van der Waals surface area contributed by atoms with E-state index in [4.69, 9.17) is 4.74 Å². The molecule has 1 atom stereocenters. The van der Waals surface area contributed by atoms with Gasteiger partial charge in [-0.25, -0.2) is 4.79 Å². The average Bonchev–Trinajstić information content (AvgIpc) is 3.52. The van der Waals surface area contributed by atoms with Crippen molar-refractivity contribution in [2.24, 2.45) is 0 Å². The lowest BCUT2D eigenvalue weighted by Crippen LogP contribution is -2.18. The van der Waals surface area contributed by atoms with Crippen LogP contribution >= 0.6 is 0 Å². The first-order valence-electron chi connectivity index (χ1n) is 11.6. The number of aromatic nitrogens is 3. The molecule has 1 N–H and O–H groups in total. The summed E-state index contributed by atoms with van der Waals surface area (Å²) in [7, 11) is 0. The summed E-state index contributed by atoms with van der Waals surface area (Å²) in [6, 6.07) is 26.5. The van der Waals surface area contributed by atoms with Crippen LogP contribution in [0.3, 0.4) is 0 Å². The van der Waals surface area contributed by atoms with Gasteiger partial charge in [0.2, 0.25) is 0 Å². The summed E-state index contributed by atoms with van der Waals surface area (Å²) >= 11 is 0. The van der Waals surface area contributed by atoms with Crippen LogP contribution in [-0.2, 0) is 10.2 Å². The molecular formula is C28H28N4O2. The minimum atomic E-state index is -0.552. The number of nitrogens with one attached hydrogen (secondary N) is 1. The summed E-state index contributed by atoms with van der Waals surface area (Å²) in [4.78, 5) is 12.6. The summed E-state index contributed by atoms with van der Waals surface area (Å²) in [5.41, 5.74) is 6.42. The highest BCUT2D eigenvalue weighted by Gasteiger charge is 2.38. The number of carbonyl (C=O) groups is 1. The van der Waals surface area contributed by atoms with Gasteiger partial charge in [-0.1, -0.05) is 78.9 Å². The van der Waals surface area contributed by atoms with Gasteiger partial charge in [-0.2, -0.15) is 4.68 Å². The van der Waals surface area contributed by atoms with Gasteiger partial charge < -0.3 is 4.74 Å². The number of carbonyl (C=O) groups excluding carboxylic acids is 1. The van der Waals surface area contributed by atoms with Gasteiger partial charge in [0, 0.05) is 0 Å². The Kier molecular flexibility index (Phi) is 5.65. The molecule has 0 spiro atoms. The van der Waals surface area contributed by atoms with E-state index in [1.54, 1.807) is 11.6 Å². The molecule has 34 heavy (non-hydrogen) atoms. The molecule has 1 aromatic heterocycles. The standard InChI is InChI=1S/C28H28N4O2/c1-19-26(29-27(33)34-20(2)21-7-5-4-6-8-21)32(31-30-19)25-15-11-23(12-16-25)22-9-13-24(14-10-22)28(3)17-18-28/h4-16,20H,17-18H2,1-3H3,(H,29,33)/t20-/m1/s1. The number of benzene rings is 3. The monoisotopic (exact) mass is 452 g/mol. The molecule has 1 aliphatic carbocycles. The van der Waals surface area contributed by atoms with E-state index in [0.29, 0.717) is 16.9 Å². The summed E-state index contributed by atoms with van der Waals surface area (Å²) in [5, 5.41) is 11.2. The first kappa shape index (κ1) is 21.9. The Morgan fingerprint density at radius 3 is 2.21 bits per heavy atom. The van der Waals surface area contributed by atoms with E-state index in [2.05, 4.69) is 59.0 Å². The lowest BCUT2D eigenvalue weighted by atomic mass is 9.95. The van der Waals surface area contributed by atoms with Crippen LogP contribution in [-0.4, -0.2) is 21.1 Å². The van der Waals surface area contributed by atoms with Crippen LogP contribution in [0, 0.1) is 6.92 Å². The van der Waals surface area contributed by atoms with Crippen molar-refractivity contribution in [2.75, 3.05) is 5.32 Å². The number of hydrogen-bond donors (Lipinski definition) is 1. The SMILES string of the molecule is Cc1nnn(-c2ccc(-c3ccc(C4(C)CC4)cc3)cc2)c1NC(=O)O[C@H](C)c1ccccc1. The number of rotatable bonds is 6. The molecule has 172 valence electrons. The Balaban J connectivity index is 1.30. The van der Waals surface area contributed by atoms with Crippen LogP contribution in [0.4, 0.5) is 10.6 Å². The van der Waals surface area contributed by atoms with Gasteiger partial charge in [-0.3, -0.25) is 5.32 Å². The van der Waals surface area contributed by atoms with Crippen molar-refractivity contribution >= 4 is 11.9 Å². The molecule has 1 fully saturated rings. The molecule has 6 nitrogen and oxygen atoms in total. The van der Waals surface area contributed by atoms with Crippen LogP contribution in [0.25, 0.3) is 16.8 Å². The van der Waals surface area contributed by atoms with Crippen LogP contribution < -0.4 is 5.32 Å². The second kappa shape index (κ2) is 8.78. The zero-order chi connectivity index (χ0) is 23.7. The number of aryl methyl sites for hydroxylation is 1. The maximum absolute atomic E-state index is 12.6. The molecule has 3 aromatic carbocycles. The summed E-state index contributed by atoms with van der Waals surface area (Å²) in [6.07, 6.45) is 1.61. The summed E-state index contributed by atoms with van der Waals surface area (Å²) < 4.78 is 7.17. The largest absolute Gasteiger partial charge is 0.441 e. The molecule has 0 radical (unpaired) electrons. The van der Waals surface area contributed by atoms with E-state index in [0.717, 1.165) is 16.8 Å². The van der Waals surface area contributed by atoms with Gasteiger partial charge >= 0.3 is 6.09 Å². The fourth-order valence-electron chi connectivity index (χ4n) is 4.10. The molecule has 5 rings (SSSR count). The topological polar surface area (TPSA) is 69.0 Å². The predicted molar refractivity (Wildman–Crippen MR) is 133 cm³/mol. The fourth-order valence-corrected chi connectivity index (χ4v) is 4.10. The molecule has 1 heterocycles. The van der Waals surface area contributed by atoms with Crippen LogP contribution in [0.15, 0.2) is 78.9 Å². The number of amides is 1. The van der Waals surface area contributed by atoms with E-state index in [-0.39, 0.29) is 6.10 Å². The molecule has 1 amide bonds. The third-order valence-corrected chi connectivity index (χ3v) is 6.64. The average molecular weight is 453 g/mol. The van der Waals surface area contributed by atoms with Gasteiger partial charge in [0.15, 0.2) is 5.82 Å². The highest BCUT2D eigenvalue weighted by Crippen LogP contribution is 2.47. The zero-order valence-corrected chi connectivity index (χ0v) is 19.7. The molecule has 6 heteroatoms. The number of ether oxygens (including phenoxy) is 1. The van der Waals surface area contributed by atoms with Crippen molar-refractivity contribution in [1.82, 2.24) is 15.0 Å². The van der Waals surface area contributed by atoms with Crippen molar-refractivity contribution in [3.05, 3.63) is 95.7 Å².